The summed E-state index contributed by atoms with van der Waals surface area (Å²) >= 11 is 5.90. The molecule has 1 aliphatic rings. The fourth-order valence-electron chi connectivity index (χ4n) is 3.00. The van der Waals surface area contributed by atoms with Crippen molar-refractivity contribution in [1.82, 2.24) is 18.8 Å². The second-order valence-corrected chi connectivity index (χ2v) is 8.60. The molecule has 1 saturated heterocycles. The van der Waals surface area contributed by atoms with Crippen LogP contribution in [0.4, 0.5) is 5.69 Å². The van der Waals surface area contributed by atoms with E-state index in [2.05, 4.69) is 15.1 Å². The molecule has 2 aromatic rings. The van der Waals surface area contributed by atoms with Gasteiger partial charge in [-0.25, -0.2) is 0 Å². The van der Waals surface area contributed by atoms with Gasteiger partial charge in [-0.15, -0.1) is 0 Å². The monoisotopic (exact) mass is 413 g/mol. The summed E-state index contributed by atoms with van der Waals surface area (Å²) in [4.78, 5) is 12.8. The number of carbonyl (C=O) groups is 1. The van der Waals surface area contributed by atoms with Gasteiger partial charge in [0.25, 0.3) is 10.2 Å². The lowest BCUT2D eigenvalue weighted by Gasteiger charge is -2.36. The Kier molecular flexibility index (Phi) is 5.17. The number of anilines is 1. The van der Waals surface area contributed by atoms with E-state index in [1.165, 1.54) is 25.2 Å². The van der Waals surface area contributed by atoms with E-state index in [1.807, 2.05) is 6.92 Å². The second kappa shape index (κ2) is 7.12. The molecule has 11 heteroatoms. The fraction of sp³-hybridized carbons (Fsp3) is 0.375. The largest absolute Gasteiger partial charge is 0.506 e. The lowest BCUT2D eigenvalue weighted by molar-refractivity contribution is -0.120. The molecule has 1 aromatic heterocycles. The zero-order chi connectivity index (χ0) is 19.9. The maximum absolute atomic E-state index is 12.8. The average Bonchev–Trinajstić information content (AvgIpc) is 2.92. The number of halogens is 1. The Balaban J connectivity index is 1.89. The van der Waals surface area contributed by atoms with Gasteiger partial charge in [0.2, 0.25) is 5.91 Å². The fourth-order valence-corrected chi connectivity index (χ4v) is 4.43. The van der Waals surface area contributed by atoms with Crippen LogP contribution in [0.1, 0.15) is 23.7 Å². The van der Waals surface area contributed by atoms with E-state index < -0.39 is 28.2 Å². The van der Waals surface area contributed by atoms with Gasteiger partial charge in [0, 0.05) is 30.4 Å². The Morgan fingerprint density at radius 3 is 2.74 bits per heavy atom. The molecule has 1 fully saturated rings. The van der Waals surface area contributed by atoms with Crippen molar-refractivity contribution in [2.24, 2.45) is 7.05 Å². The Bertz CT molecular complexity index is 991. The van der Waals surface area contributed by atoms with Crippen LogP contribution in [0.5, 0.6) is 5.75 Å². The Morgan fingerprint density at radius 2 is 2.11 bits per heavy atom. The summed E-state index contributed by atoms with van der Waals surface area (Å²) in [7, 11) is -0.786. The number of carbonyl (C=O) groups excluding carboxylic acids is 1. The molecular weight excluding hydrogens is 394 g/mol. The van der Waals surface area contributed by atoms with Crippen molar-refractivity contribution in [3.8, 4) is 5.75 Å². The average molecular weight is 414 g/mol. The zero-order valence-electron chi connectivity index (χ0n) is 15.0. The molecule has 146 valence electrons. The number of benzene rings is 1. The number of phenols is 1. The van der Waals surface area contributed by atoms with E-state index >= 15 is 0 Å². The number of aromatic hydroxyl groups is 1. The minimum Gasteiger partial charge on any atom is -0.506 e. The van der Waals surface area contributed by atoms with Crippen LogP contribution in [-0.2, 0) is 22.1 Å². The Morgan fingerprint density at radius 1 is 1.41 bits per heavy atom. The highest BCUT2D eigenvalue weighted by Gasteiger charge is 2.41. The number of nitrogens with zero attached hydrogens (tertiary/aromatic N) is 3. The Hall–Kier alpha value is -2.14. The second-order valence-electron chi connectivity index (χ2n) is 6.40. The molecule has 27 heavy (non-hydrogen) atoms. The van der Waals surface area contributed by atoms with Crippen molar-refractivity contribution in [3.05, 3.63) is 40.7 Å². The van der Waals surface area contributed by atoms with Crippen LogP contribution in [-0.4, -0.2) is 46.6 Å². The molecule has 1 aliphatic heterocycles. The summed E-state index contributed by atoms with van der Waals surface area (Å²) in [6.07, 6.45) is 1.79. The number of hydrogen-bond acceptors (Lipinski definition) is 5. The molecule has 3 N–H and O–H groups in total. The number of phenolic OH excluding ortho intramolecular Hbond substituents is 1. The molecule has 1 amide bonds. The first-order valence-corrected chi connectivity index (χ1v) is 9.95. The highest BCUT2D eigenvalue weighted by molar-refractivity contribution is 7.87. The summed E-state index contributed by atoms with van der Waals surface area (Å²) in [6.45, 7) is 1.83. The molecule has 2 unspecified atom stereocenters. The molecule has 0 saturated carbocycles. The van der Waals surface area contributed by atoms with Gasteiger partial charge in [-0.05, 0) is 31.5 Å². The highest BCUT2D eigenvalue weighted by atomic mass is 35.5. The number of rotatable bonds is 3. The van der Waals surface area contributed by atoms with Crippen LogP contribution in [0.3, 0.4) is 0 Å². The molecule has 3 rings (SSSR count). The van der Waals surface area contributed by atoms with Gasteiger partial charge in [0.1, 0.15) is 11.8 Å². The number of nitrogens with one attached hydrogen (secondary N) is 2. The van der Waals surface area contributed by atoms with Crippen molar-refractivity contribution >= 4 is 33.4 Å². The molecule has 0 spiro atoms. The number of amides is 1. The molecule has 0 aliphatic carbocycles. The SMILES string of the molecule is Cc1c(C2CC(C(=O)Nc3cc(Cl)ccc3O)N(C)S(=O)(=O)N2)cnn1C. The topological polar surface area (TPSA) is 117 Å². The van der Waals surface area contributed by atoms with Crippen LogP contribution < -0.4 is 10.0 Å². The number of hydrogen-bond donors (Lipinski definition) is 3. The predicted molar refractivity (Wildman–Crippen MR) is 101 cm³/mol. The first-order valence-electron chi connectivity index (χ1n) is 8.13. The lowest BCUT2D eigenvalue weighted by Crippen LogP contribution is -2.56. The standard InChI is InChI=1S/C16H20ClN5O4S/c1-9-11(8-18-21(9)2)12-7-14(22(3)27(25,26)20-12)16(24)19-13-6-10(17)4-5-15(13)23/h4-6,8,12,14,20,23H,7H2,1-3H3,(H,19,24). The lowest BCUT2D eigenvalue weighted by atomic mass is 10.00. The number of aryl methyl sites for hydroxylation is 1. The number of aromatic nitrogens is 2. The van der Waals surface area contributed by atoms with Gasteiger partial charge < -0.3 is 10.4 Å². The van der Waals surface area contributed by atoms with Gasteiger partial charge in [-0.3, -0.25) is 9.48 Å². The van der Waals surface area contributed by atoms with E-state index in [0.29, 0.717) is 10.6 Å². The van der Waals surface area contributed by atoms with Crippen molar-refractivity contribution in [3.63, 3.8) is 0 Å². The van der Waals surface area contributed by atoms with Gasteiger partial charge >= 0.3 is 0 Å². The van der Waals surface area contributed by atoms with Crippen molar-refractivity contribution < 1.29 is 18.3 Å². The van der Waals surface area contributed by atoms with Crippen LogP contribution in [0.2, 0.25) is 5.02 Å². The maximum Gasteiger partial charge on any atom is 0.280 e. The smallest absolute Gasteiger partial charge is 0.280 e. The minimum absolute atomic E-state index is 0.117. The molecule has 2 atom stereocenters. The van der Waals surface area contributed by atoms with Crippen LogP contribution >= 0.6 is 11.6 Å². The predicted octanol–water partition coefficient (Wildman–Crippen LogP) is 1.31. The van der Waals surface area contributed by atoms with Gasteiger partial charge in [0.15, 0.2) is 0 Å². The molecule has 0 radical (unpaired) electrons. The van der Waals surface area contributed by atoms with Crippen LogP contribution in [0, 0.1) is 6.92 Å². The number of likely N-dealkylation sites (N-methyl/N-ethyl adjacent to an activating group) is 1. The van der Waals surface area contributed by atoms with E-state index in [0.717, 1.165) is 10.00 Å². The van der Waals surface area contributed by atoms with E-state index in [4.69, 9.17) is 11.6 Å². The van der Waals surface area contributed by atoms with E-state index in [9.17, 15) is 18.3 Å². The minimum atomic E-state index is -3.87. The summed E-state index contributed by atoms with van der Waals surface area (Å²) in [5.74, 6) is -0.724. The van der Waals surface area contributed by atoms with Crippen molar-refractivity contribution in [2.75, 3.05) is 12.4 Å². The zero-order valence-corrected chi connectivity index (χ0v) is 16.5. The van der Waals surface area contributed by atoms with Crippen molar-refractivity contribution in [1.29, 1.82) is 0 Å². The molecule has 2 heterocycles. The summed E-state index contributed by atoms with van der Waals surface area (Å²) < 4.78 is 30.2. The van der Waals surface area contributed by atoms with Gasteiger partial charge in [-0.2, -0.15) is 22.5 Å². The summed E-state index contributed by atoms with van der Waals surface area (Å²) in [5, 5.41) is 16.9. The van der Waals surface area contributed by atoms with Crippen LogP contribution in [0.15, 0.2) is 24.4 Å². The first-order chi connectivity index (χ1) is 12.6. The van der Waals surface area contributed by atoms with Gasteiger partial charge in [0.05, 0.1) is 17.9 Å². The molecule has 0 bridgehead atoms. The molecule has 9 nitrogen and oxygen atoms in total. The highest BCUT2D eigenvalue weighted by Crippen LogP contribution is 2.31. The first kappa shape index (κ1) is 19.6. The molecular formula is C16H20ClN5O4S. The quantitative estimate of drug-likeness (QED) is 0.656. The normalized spacial score (nSPS) is 22.5. The third kappa shape index (κ3) is 3.79. The van der Waals surface area contributed by atoms with Crippen molar-refractivity contribution in [2.45, 2.75) is 25.4 Å². The Labute approximate surface area is 162 Å². The maximum atomic E-state index is 12.8. The summed E-state index contributed by atoms with van der Waals surface area (Å²) in [5.41, 5.74) is 1.63. The van der Waals surface area contributed by atoms with Gasteiger partial charge in [-0.1, -0.05) is 11.6 Å². The third-order valence-corrected chi connectivity index (χ3v) is 6.57. The van der Waals surface area contributed by atoms with E-state index in [-0.39, 0.29) is 17.9 Å². The molecule has 1 aromatic carbocycles. The third-order valence-electron chi connectivity index (χ3n) is 4.74. The van der Waals surface area contributed by atoms with E-state index in [1.54, 1.807) is 17.9 Å². The summed E-state index contributed by atoms with van der Waals surface area (Å²) in [6, 6.07) is 2.66. The van der Waals surface area contributed by atoms with Crippen LogP contribution in [0.25, 0.3) is 0 Å².